The predicted molar refractivity (Wildman–Crippen MR) is 65.6 cm³/mol. The minimum absolute atomic E-state index is 0.0798. The second kappa shape index (κ2) is 5.33. The maximum absolute atomic E-state index is 12.2. The first-order valence-corrected chi connectivity index (χ1v) is 6.42. The number of likely N-dealkylation sites (N-methyl/N-ethyl adjacent to an activating group) is 1. The largest absolute Gasteiger partial charge is 0.364 e. The molecule has 0 spiro atoms. The van der Waals surface area contributed by atoms with Gasteiger partial charge in [-0.2, -0.15) is 0 Å². The normalized spacial score (nSPS) is 33.6. The van der Waals surface area contributed by atoms with Gasteiger partial charge in [0.2, 0.25) is 0 Å². The Balaban J connectivity index is 1.85. The van der Waals surface area contributed by atoms with Gasteiger partial charge in [0, 0.05) is 25.7 Å². The van der Waals surface area contributed by atoms with Gasteiger partial charge in [0.1, 0.15) is 6.10 Å². The van der Waals surface area contributed by atoms with Crippen molar-refractivity contribution in [3.8, 4) is 0 Å². The van der Waals surface area contributed by atoms with Crippen LogP contribution in [0, 0.1) is 0 Å². The Morgan fingerprint density at radius 3 is 2.71 bits per heavy atom. The Morgan fingerprint density at radius 1 is 1.41 bits per heavy atom. The number of hydrogen-bond donors (Lipinski definition) is 1. The molecular weight excluding hydrogens is 218 g/mol. The number of likely N-dealkylation sites (tertiary alicyclic amines) is 1. The second-order valence-electron chi connectivity index (χ2n) is 5.25. The molecule has 98 valence electrons. The first kappa shape index (κ1) is 12.8. The van der Waals surface area contributed by atoms with Crippen LogP contribution in [0.1, 0.15) is 19.3 Å². The van der Waals surface area contributed by atoms with E-state index in [1.807, 2.05) is 4.90 Å². The highest BCUT2D eigenvalue weighted by atomic mass is 16.5. The fraction of sp³-hybridized carbons (Fsp3) is 0.917. The minimum Gasteiger partial charge on any atom is -0.364 e. The van der Waals surface area contributed by atoms with Crippen LogP contribution in [0.4, 0.5) is 0 Å². The van der Waals surface area contributed by atoms with Crippen LogP contribution in [0.3, 0.4) is 0 Å². The number of ether oxygens (including phenoxy) is 1. The van der Waals surface area contributed by atoms with E-state index in [1.165, 1.54) is 0 Å². The third-order valence-corrected chi connectivity index (χ3v) is 3.85. The van der Waals surface area contributed by atoms with E-state index in [2.05, 4.69) is 19.0 Å². The molecule has 2 rings (SSSR count). The molecule has 0 aromatic rings. The van der Waals surface area contributed by atoms with Gasteiger partial charge in [0.25, 0.3) is 5.91 Å². The van der Waals surface area contributed by atoms with Crippen molar-refractivity contribution in [2.75, 3.05) is 33.7 Å². The zero-order valence-electron chi connectivity index (χ0n) is 10.8. The van der Waals surface area contributed by atoms with Crippen LogP contribution in [-0.4, -0.2) is 67.7 Å². The summed E-state index contributed by atoms with van der Waals surface area (Å²) < 4.78 is 5.65. The molecule has 0 bridgehead atoms. The van der Waals surface area contributed by atoms with Crippen LogP contribution in [-0.2, 0) is 9.53 Å². The van der Waals surface area contributed by atoms with Gasteiger partial charge < -0.3 is 20.3 Å². The molecule has 2 saturated heterocycles. The smallest absolute Gasteiger partial charge is 0.251 e. The van der Waals surface area contributed by atoms with Crippen molar-refractivity contribution in [3.63, 3.8) is 0 Å². The van der Waals surface area contributed by atoms with E-state index in [0.29, 0.717) is 12.6 Å². The lowest BCUT2D eigenvalue weighted by atomic mass is 10.2. The number of amides is 1. The van der Waals surface area contributed by atoms with Gasteiger partial charge in [0.15, 0.2) is 0 Å². The SMILES string of the molecule is CN(C)C1CCN(C(=O)C2CCC(CN)O2)C1. The fourth-order valence-electron chi connectivity index (χ4n) is 2.63. The van der Waals surface area contributed by atoms with Crippen molar-refractivity contribution < 1.29 is 9.53 Å². The third-order valence-electron chi connectivity index (χ3n) is 3.85. The van der Waals surface area contributed by atoms with Gasteiger partial charge in [-0.05, 0) is 33.4 Å². The number of carbonyl (C=O) groups excluding carboxylic acids is 1. The molecule has 0 saturated carbocycles. The Morgan fingerprint density at radius 2 is 2.18 bits per heavy atom. The molecule has 0 aromatic heterocycles. The second-order valence-corrected chi connectivity index (χ2v) is 5.25. The van der Waals surface area contributed by atoms with Gasteiger partial charge >= 0.3 is 0 Å². The minimum atomic E-state index is -0.246. The Kier molecular flexibility index (Phi) is 4.01. The molecule has 2 aliphatic rings. The molecule has 2 N–H and O–H groups in total. The molecule has 2 aliphatic heterocycles. The lowest BCUT2D eigenvalue weighted by molar-refractivity contribution is -0.141. The highest BCUT2D eigenvalue weighted by molar-refractivity contribution is 5.81. The average Bonchev–Trinajstić information content (AvgIpc) is 2.97. The van der Waals surface area contributed by atoms with Crippen LogP contribution in [0.15, 0.2) is 0 Å². The maximum atomic E-state index is 12.2. The molecule has 3 unspecified atom stereocenters. The van der Waals surface area contributed by atoms with Crippen molar-refractivity contribution in [2.24, 2.45) is 5.73 Å². The standard InChI is InChI=1S/C12H23N3O2/c1-14(2)9-5-6-15(8-9)12(16)11-4-3-10(7-13)17-11/h9-11H,3-8,13H2,1-2H3. The van der Waals surface area contributed by atoms with Crippen molar-refractivity contribution >= 4 is 5.91 Å². The highest BCUT2D eigenvalue weighted by Gasteiger charge is 2.36. The van der Waals surface area contributed by atoms with Gasteiger partial charge in [-0.15, -0.1) is 0 Å². The topological polar surface area (TPSA) is 58.8 Å². The zero-order chi connectivity index (χ0) is 12.4. The van der Waals surface area contributed by atoms with Crippen LogP contribution in [0.25, 0.3) is 0 Å². The van der Waals surface area contributed by atoms with E-state index >= 15 is 0 Å². The summed E-state index contributed by atoms with van der Waals surface area (Å²) in [5.74, 6) is 0.158. The summed E-state index contributed by atoms with van der Waals surface area (Å²) in [6, 6.07) is 0.491. The van der Waals surface area contributed by atoms with E-state index in [1.54, 1.807) is 0 Å². The third kappa shape index (κ3) is 2.78. The van der Waals surface area contributed by atoms with E-state index in [9.17, 15) is 4.79 Å². The molecule has 5 heteroatoms. The van der Waals surface area contributed by atoms with Crippen molar-refractivity contribution in [1.82, 2.24) is 9.80 Å². The Hall–Kier alpha value is -0.650. The number of carbonyl (C=O) groups is 1. The lowest BCUT2D eigenvalue weighted by Gasteiger charge is -2.22. The molecule has 3 atom stereocenters. The summed E-state index contributed by atoms with van der Waals surface area (Å²) >= 11 is 0. The monoisotopic (exact) mass is 241 g/mol. The zero-order valence-corrected chi connectivity index (χ0v) is 10.8. The van der Waals surface area contributed by atoms with Crippen LogP contribution in [0.5, 0.6) is 0 Å². The fourth-order valence-corrected chi connectivity index (χ4v) is 2.63. The molecular formula is C12H23N3O2. The van der Waals surface area contributed by atoms with Crippen molar-refractivity contribution in [3.05, 3.63) is 0 Å². The first-order chi connectivity index (χ1) is 8.11. The average molecular weight is 241 g/mol. The number of nitrogens with zero attached hydrogens (tertiary/aromatic N) is 2. The molecule has 0 radical (unpaired) electrons. The molecule has 2 heterocycles. The molecule has 1 amide bonds. The van der Waals surface area contributed by atoms with E-state index in [-0.39, 0.29) is 18.1 Å². The van der Waals surface area contributed by atoms with Crippen LogP contribution in [0.2, 0.25) is 0 Å². The number of nitrogens with two attached hydrogens (primary N) is 1. The van der Waals surface area contributed by atoms with Crippen LogP contribution >= 0.6 is 0 Å². The Bertz CT molecular complexity index is 283. The summed E-state index contributed by atoms with van der Waals surface area (Å²) in [6.45, 7) is 2.21. The van der Waals surface area contributed by atoms with E-state index < -0.39 is 0 Å². The highest BCUT2D eigenvalue weighted by Crippen LogP contribution is 2.23. The van der Waals surface area contributed by atoms with Crippen molar-refractivity contribution in [2.45, 2.75) is 37.5 Å². The first-order valence-electron chi connectivity index (χ1n) is 6.42. The summed E-state index contributed by atoms with van der Waals surface area (Å²) in [7, 11) is 4.13. The molecule has 0 aromatic carbocycles. The number of rotatable bonds is 3. The molecule has 0 aliphatic carbocycles. The van der Waals surface area contributed by atoms with Gasteiger partial charge in [-0.1, -0.05) is 0 Å². The summed E-state index contributed by atoms with van der Waals surface area (Å²) in [4.78, 5) is 16.3. The summed E-state index contributed by atoms with van der Waals surface area (Å²) in [5.41, 5.74) is 5.55. The van der Waals surface area contributed by atoms with Gasteiger partial charge in [-0.25, -0.2) is 0 Å². The predicted octanol–water partition coefficient (Wildman–Crippen LogP) is -0.345. The molecule has 5 nitrogen and oxygen atoms in total. The van der Waals surface area contributed by atoms with E-state index in [0.717, 1.165) is 32.4 Å². The van der Waals surface area contributed by atoms with Gasteiger partial charge in [0.05, 0.1) is 6.10 Å². The Labute approximate surface area is 103 Å². The number of hydrogen-bond acceptors (Lipinski definition) is 4. The van der Waals surface area contributed by atoms with Gasteiger partial charge in [-0.3, -0.25) is 4.79 Å². The quantitative estimate of drug-likeness (QED) is 0.734. The summed E-state index contributed by atoms with van der Waals surface area (Å²) in [5, 5.41) is 0. The van der Waals surface area contributed by atoms with E-state index in [4.69, 9.17) is 10.5 Å². The van der Waals surface area contributed by atoms with Crippen LogP contribution < -0.4 is 5.73 Å². The summed E-state index contributed by atoms with van der Waals surface area (Å²) in [6.07, 6.45) is 2.63. The lowest BCUT2D eigenvalue weighted by Crippen LogP contribution is -2.40. The molecule has 2 fully saturated rings. The molecule has 17 heavy (non-hydrogen) atoms. The van der Waals surface area contributed by atoms with Crippen molar-refractivity contribution in [1.29, 1.82) is 0 Å². The maximum Gasteiger partial charge on any atom is 0.251 e.